The smallest absolute Gasteiger partial charge is 0.318 e. The molecule has 4 nitrogen and oxygen atoms in total. The van der Waals surface area contributed by atoms with E-state index in [0.29, 0.717) is 26.2 Å². The molecule has 2 rings (SSSR count). The van der Waals surface area contributed by atoms with E-state index in [1.54, 1.807) is 24.3 Å². The molecule has 0 saturated carbocycles. The average molecular weight is 352 g/mol. The molecule has 2 amide bonds. The number of amides is 2. The molecule has 0 aliphatic carbocycles. The van der Waals surface area contributed by atoms with Gasteiger partial charge in [0, 0.05) is 22.5 Å². The molecule has 0 atom stereocenters. The van der Waals surface area contributed by atoms with Crippen LogP contribution in [0, 0.1) is 11.3 Å². The number of hydrogen-bond acceptors (Lipinski definition) is 3. The second-order valence-electron chi connectivity index (χ2n) is 4.21. The molecular weight excluding hydrogens is 341 g/mol. The van der Waals surface area contributed by atoms with Crippen LogP contribution in [-0.2, 0) is 0 Å². The third-order valence-electron chi connectivity index (χ3n) is 2.69. The van der Waals surface area contributed by atoms with Gasteiger partial charge in [-0.25, -0.2) is 4.79 Å². The summed E-state index contributed by atoms with van der Waals surface area (Å²) >= 11 is 13.9. The summed E-state index contributed by atoms with van der Waals surface area (Å²) in [6.07, 6.45) is 0. The maximum atomic E-state index is 11.3. The Bertz CT molecular complexity index is 718. The Balaban J connectivity index is 2.24. The molecular formula is C15H11Cl2N3OS. The number of carbonyl (C=O) groups excluding carboxylic acids is 1. The Hall–Kier alpha value is -1.87. The van der Waals surface area contributed by atoms with Crippen molar-refractivity contribution in [2.24, 2.45) is 0 Å². The van der Waals surface area contributed by atoms with Gasteiger partial charge in [-0.05, 0) is 36.4 Å². The Labute approximate surface area is 142 Å². The molecule has 2 aromatic carbocycles. The second kappa shape index (κ2) is 7.41. The van der Waals surface area contributed by atoms with Crippen LogP contribution in [0.3, 0.4) is 0 Å². The number of nitriles is 1. The van der Waals surface area contributed by atoms with Crippen LogP contribution in [-0.4, -0.2) is 13.1 Å². The molecule has 0 spiro atoms. The van der Waals surface area contributed by atoms with Crippen molar-refractivity contribution in [2.75, 3.05) is 12.4 Å². The van der Waals surface area contributed by atoms with Crippen molar-refractivity contribution in [1.82, 2.24) is 5.32 Å². The molecule has 0 unspecified atom stereocenters. The fraction of sp³-hybridized carbons (Fsp3) is 0.0667. The van der Waals surface area contributed by atoms with Gasteiger partial charge in [0.15, 0.2) is 0 Å². The quantitative estimate of drug-likeness (QED) is 0.836. The number of halogens is 2. The molecule has 112 valence electrons. The van der Waals surface area contributed by atoms with E-state index in [1.807, 2.05) is 12.1 Å². The predicted octanol–water partition coefficient (Wildman–Crippen LogP) is 4.77. The highest BCUT2D eigenvalue weighted by molar-refractivity contribution is 7.99. The lowest BCUT2D eigenvalue weighted by atomic mass is 10.2. The molecule has 2 N–H and O–H groups in total. The van der Waals surface area contributed by atoms with Gasteiger partial charge in [-0.2, -0.15) is 5.26 Å². The van der Waals surface area contributed by atoms with Gasteiger partial charge in [0.05, 0.1) is 21.7 Å². The number of benzene rings is 2. The lowest BCUT2D eigenvalue weighted by Gasteiger charge is -2.10. The van der Waals surface area contributed by atoms with Crippen LogP contribution < -0.4 is 10.6 Å². The standard InChI is InChI=1S/C15H11Cl2N3OS/c1-19-15(21)20-10-6-12(16)14(13(17)7-10)22-11-4-2-9(8-18)3-5-11/h2-7H,1H3,(H2,19,20,21). The number of anilines is 1. The van der Waals surface area contributed by atoms with E-state index in [2.05, 4.69) is 16.7 Å². The summed E-state index contributed by atoms with van der Waals surface area (Å²) in [5.74, 6) is 0. The lowest BCUT2D eigenvalue weighted by Crippen LogP contribution is -2.24. The predicted molar refractivity (Wildman–Crippen MR) is 89.8 cm³/mol. The first-order valence-corrected chi connectivity index (χ1v) is 7.76. The second-order valence-corrected chi connectivity index (χ2v) is 6.11. The Kier molecular flexibility index (Phi) is 5.56. The highest BCUT2D eigenvalue weighted by atomic mass is 35.5. The zero-order chi connectivity index (χ0) is 16.1. The molecule has 0 saturated heterocycles. The van der Waals surface area contributed by atoms with Gasteiger partial charge in [0.25, 0.3) is 0 Å². The molecule has 0 aliphatic heterocycles. The summed E-state index contributed by atoms with van der Waals surface area (Å²) in [5, 5.41) is 14.7. The van der Waals surface area contributed by atoms with Crippen molar-refractivity contribution < 1.29 is 4.79 Å². The number of rotatable bonds is 3. The van der Waals surface area contributed by atoms with Crippen LogP contribution in [0.2, 0.25) is 10.0 Å². The monoisotopic (exact) mass is 351 g/mol. The van der Waals surface area contributed by atoms with Gasteiger partial charge >= 0.3 is 6.03 Å². The van der Waals surface area contributed by atoms with Crippen molar-refractivity contribution in [3.63, 3.8) is 0 Å². The van der Waals surface area contributed by atoms with E-state index in [0.717, 1.165) is 4.90 Å². The van der Waals surface area contributed by atoms with Crippen molar-refractivity contribution in [3.8, 4) is 6.07 Å². The first-order valence-electron chi connectivity index (χ1n) is 6.19. The molecule has 0 bridgehead atoms. The highest BCUT2D eigenvalue weighted by Gasteiger charge is 2.11. The molecule has 0 aliphatic rings. The van der Waals surface area contributed by atoms with Gasteiger partial charge in [-0.3, -0.25) is 0 Å². The maximum absolute atomic E-state index is 11.3. The van der Waals surface area contributed by atoms with Gasteiger partial charge in [-0.15, -0.1) is 0 Å². The summed E-state index contributed by atoms with van der Waals surface area (Å²) in [6, 6.07) is 12.1. The van der Waals surface area contributed by atoms with Gasteiger partial charge in [0.1, 0.15) is 0 Å². The first kappa shape index (κ1) is 16.5. The molecule has 2 aromatic rings. The fourth-order valence-corrected chi connectivity index (χ4v) is 3.18. The summed E-state index contributed by atoms with van der Waals surface area (Å²) in [4.78, 5) is 12.9. The van der Waals surface area contributed by atoms with Crippen LogP contribution in [0.25, 0.3) is 0 Å². The van der Waals surface area contributed by atoms with E-state index >= 15 is 0 Å². The third-order valence-corrected chi connectivity index (χ3v) is 4.66. The van der Waals surface area contributed by atoms with Crippen molar-refractivity contribution in [3.05, 3.63) is 52.0 Å². The molecule has 0 heterocycles. The van der Waals surface area contributed by atoms with Crippen LogP contribution >= 0.6 is 35.0 Å². The summed E-state index contributed by atoms with van der Waals surface area (Å²) in [7, 11) is 1.52. The highest BCUT2D eigenvalue weighted by Crippen LogP contribution is 2.40. The van der Waals surface area contributed by atoms with Crippen LogP contribution in [0.15, 0.2) is 46.2 Å². The minimum absolute atomic E-state index is 0.348. The van der Waals surface area contributed by atoms with Crippen LogP contribution in [0.1, 0.15) is 5.56 Å². The van der Waals surface area contributed by atoms with Gasteiger partial charge < -0.3 is 10.6 Å². The van der Waals surface area contributed by atoms with Gasteiger partial charge in [-0.1, -0.05) is 35.0 Å². The molecule has 0 radical (unpaired) electrons. The van der Waals surface area contributed by atoms with E-state index < -0.39 is 0 Å². The number of nitrogens with zero attached hydrogens (tertiary/aromatic N) is 1. The van der Waals surface area contributed by atoms with E-state index in [-0.39, 0.29) is 6.03 Å². The Morgan fingerprint density at radius 1 is 1.18 bits per heavy atom. The average Bonchev–Trinajstić information content (AvgIpc) is 2.51. The van der Waals surface area contributed by atoms with E-state index in [9.17, 15) is 4.79 Å². The first-order chi connectivity index (χ1) is 10.5. The Morgan fingerprint density at radius 2 is 1.77 bits per heavy atom. The van der Waals surface area contributed by atoms with Crippen molar-refractivity contribution in [2.45, 2.75) is 9.79 Å². The molecule has 7 heteroatoms. The number of nitrogens with one attached hydrogen (secondary N) is 2. The van der Waals surface area contributed by atoms with Crippen molar-refractivity contribution >= 4 is 46.7 Å². The zero-order valence-electron chi connectivity index (χ0n) is 11.5. The summed E-state index contributed by atoms with van der Waals surface area (Å²) in [5.41, 5.74) is 1.10. The topological polar surface area (TPSA) is 64.9 Å². The summed E-state index contributed by atoms with van der Waals surface area (Å²) < 4.78 is 0. The zero-order valence-corrected chi connectivity index (χ0v) is 13.8. The number of hydrogen-bond donors (Lipinski definition) is 2. The summed E-state index contributed by atoms with van der Waals surface area (Å²) in [6.45, 7) is 0. The van der Waals surface area contributed by atoms with Crippen LogP contribution in [0.4, 0.5) is 10.5 Å². The largest absolute Gasteiger partial charge is 0.341 e. The minimum atomic E-state index is -0.348. The molecule has 0 aromatic heterocycles. The fourth-order valence-electron chi connectivity index (χ4n) is 1.64. The van der Waals surface area contributed by atoms with Crippen molar-refractivity contribution in [1.29, 1.82) is 5.26 Å². The van der Waals surface area contributed by atoms with Crippen LogP contribution in [0.5, 0.6) is 0 Å². The lowest BCUT2D eigenvalue weighted by molar-refractivity contribution is 0.254. The van der Waals surface area contributed by atoms with Gasteiger partial charge in [0.2, 0.25) is 0 Å². The van der Waals surface area contributed by atoms with E-state index in [1.165, 1.54) is 18.8 Å². The number of carbonyl (C=O) groups is 1. The minimum Gasteiger partial charge on any atom is -0.341 e. The third kappa shape index (κ3) is 4.08. The SMILES string of the molecule is CNC(=O)Nc1cc(Cl)c(Sc2ccc(C#N)cc2)c(Cl)c1. The Morgan fingerprint density at radius 3 is 2.27 bits per heavy atom. The molecule has 22 heavy (non-hydrogen) atoms. The van der Waals surface area contributed by atoms with E-state index in [4.69, 9.17) is 28.5 Å². The molecule has 0 fully saturated rings. The number of urea groups is 1. The maximum Gasteiger partial charge on any atom is 0.318 e. The normalized spacial score (nSPS) is 9.91.